The lowest BCUT2D eigenvalue weighted by Crippen LogP contribution is -1.82. The zero-order chi connectivity index (χ0) is 11.7. The quantitative estimate of drug-likeness (QED) is 0.663. The topological polar surface area (TPSA) is 22.1 Å². The highest BCUT2D eigenvalue weighted by Gasteiger charge is 2.03. The summed E-state index contributed by atoms with van der Waals surface area (Å²) in [7, 11) is 0. The number of benzene rings is 2. The van der Waals surface area contributed by atoms with Crippen LogP contribution in [0.1, 0.15) is 5.01 Å². The molecule has 0 aliphatic rings. The van der Waals surface area contributed by atoms with E-state index in [0.29, 0.717) is 0 Å². The second-order valence-electron chi connectivity index (χ2n) is 3.78. The average Bonchev–Trinajstić information content (AvgIpc) is 2.70. The summed E-state index contributed by atoms with van der Waals surface area (Å²) < 4.78 is 6.96. The van der Waals surface area contributed by atoms with Crippen LogP contribution in [0.15, 0.2) is 48.5 Å². The maximum Gasteiger partial charge on any atom is 0.129 e. The van der Waals surface area contributed by atoms with Gasteiger partial charge in [0.15, 0.2) is 0 Å². The summed E-state index contributed by atoms with van der Waals surface area (Å²) >= 11 is 1.70. The molecule has 3 rings (SSSR count). The monoisotopic (exact) mass is 241 g/mol. The minimum absolute atomic E-state index is 0.828. The number of hydrogen-bond donors (Lipinski definition) is 0. The van der Waals surface area contributed by atoms with Crippen molar-refractivity contribution in [3.63, 3.8) is 0 Å². The number of rotatable bonds is 2. The zero-order valence-corrected chi connectivity index (χ0v) is 10.2. The van der Waals surface area contributed by atoms with Crippen LogP contribution in [-0.2, 0) is 0 Å². The van der Waals surface area contributed by atoms with Crippen molar-refractivity contribution in [2.45, 2.75) is 6.92 Å². The number of fused-ring (bicyclic) bond motifs is 1. The standard InChI is InChI=1S/C14H11NOS/c1-10-15-13-9-12(7-8-14(13)17-10)16-11-5-3-2-4-6-11/h2-9H,1H3. The molecule has 0 saturated carbocycles. The van der Waals surface area contributed by atoms with Gasteiger partial charge in [-0.15, -0.1) is 11.3 Å². The molecule has 2 aromatic carbocycles. The van der Waals surface area contributed by atoms with Crippen molar-refractivity contribution >= 4 is 21.6 Å². The molecule has 0 fully saturated rings. The highest BCUT2D eigenvalue weighted by molar-refractivity contribution is 7.18. The first-order valence-corrected chi connectivity index (χ1v) is 6.23. The van der Waals surface area contributed by atoms with Gasteiger partial charge in [0.05, 0.1) is 15.2 Å². The lowest BCUT2D eigenvalue weighted by atomic mass is 10.3. The Morgan fingerprint density at radius 2 is 1.82 bits per heavy atom. The van der Waals surface area contributed by atoms with Crippen LogP contribution < -0.4 is 4.74 Å². The molecule has 0 atom stereocenters. The second-order valence-corrected chi connectivity index (χ2v) is 5.01. The Hall–Kier alpha value is -1.87. The predicted octanol–water partition coefficient (Wildman–Crippen LogP) is 4.40. The lowest BCUT2D eigenvalue weighted by molar-refractivity contribution is 0.483. The molecule has 0 N–H and O–H groups in total. The predicted molar refractivity (Wildman–Crippen MR) is 70.9 cm³/mol. The Morgan fingerprint density at radius 1 is 1.00 bits per heavy atom. The van der Waals surface area contributed by atoms with Gasteiger partial charge in [-0.25, -0.2) is 4.98 Å². The number of aryl methyl sites for hydroxylation is 1. The lowest BCUT2D eigenvalue weighted by Gasteiger charge is -2.04. The van der Waals surface area contributed by atoms with Gasteiger partial charge in [0.25, 0.3) is 0 Å². The molecule has 0 radical (unpaired) electrons. The van der Waals surface area contributed by atoms with Crippen LogP contribution in [0.4, 0.5) is 0 Å². The van der Waals surface area contributed by atoms with Gasteiger partial charge < -0.3 is 4.74 Å². The van der Waals surface area contributed by atoms with E-state index in [2.05, 4.69) is 11.1 Å². The van der Waals surface area contributed by atoms with Crippen molar-refractivity contribution < 1.29 is 4.74 Å². The van der Waals surface area contributed by atoms with E-state index in [4.69, 9.17) is 4.74 Å². The highest BCUT2D eigenvalue weighted by atomic mass is 32.1. The second kappa shape index (κ2) is 4.18. The average molecular weight is 241 g/mol. The number of para-hydroxylation sites is 1. The first kappa shape index (κ1) is 10.3. The summed E-state index contributed by atoms with van der Waals surface area (Å²) in [4.78, 5) is 4.45. The van der Waals surface area contributed by atoms with Gasteiger partial charge in [-0.1, -0.05) is 18.2 Å². The fraction of sp³-hybridized carbons (Fsp3) is 0.0714. The molecule has 0 unspecified atom stereocenters. The minimum Gasteiger partial charge on any atom is -0.457 e. The number of aromatic nitrogens is 1. The summed E-state index contributed by atoms with van der Waals surface area (Å²) in [5.74, 6) is 1.67. The molecule has 3 aromatic rings. The summed E-state index contributed by atoms with van der Waals surface area (Å²) in [5.41, 5.74) is 1.00. The van der Waals surface area contributed by atoms with Crippen LogP contribution in [0.3, 0.4) is 0 Å². The maximum atomic E-state index is 5.76. The Kier molecular flexibility index (Phi) is 2.53. The molecular formula is C14H11NOS. The van der Waals surface area contributed by atoms with Gasteiger partial charge in [0.2, 0.25) is 0 Å². The van der Waals surface area contributed by atoms with Crippen LogP contribution in [-0.4, -0.2) is 4.98 Å². The summed E-state index contributed by atoms with van der Waals surface area (Å²) in [6.45, 7) is 2.02. The van der Waals surface area contributed by atoms with E-state index in [-0.39, 0.29) is 0 Å². The number of thiazole rings is 1. The molecule has 0 aliphatic carbocycles. The summed E-state index contributed by atoms with van der Waals surface area (Å²) in [6, 6.07) is 15.8. The molecule has 1 heterocycles. The van der Waals surface area contributed by atoms with E-state index in [1.165, 1.54) is 4.70 Å². The third-order valence-electron chi connectivity index (χ3n) is 2.44. The smallest absolute Gasteiger partial charge is 0.129 e. The van der Waals surface area contributed by atoms with Crippen LogP contribution in [0.25, 0.3) is 10.2 Å². The minimum atomic E-state index is 0.828. The molecule has 17 heavy (non-hydrogen) atoms. The Balaban J connectivity index is 1.95. The van der Waals surface area contributed by atoms with Crippen molar-refractivity contribution in [2.24, 2.45) is 0 Å². The van der Waals surface area contributed by atoms with Gasteiger partial charge in [-0.05, 0) is 31.2 Å². The van der Waals surface area contributed by atoms with Crippen LogP contribution in [0.2, 0.25) is 0 Å². The molecule has 2 nitrogen and oxygen atoms in total. The third kappa shape index (κ3) is 2.15. The van der Waals surface area contributed by atoms with Gasteiger partial charge in [-0.2, -0.15) is 0 Å². The number of ether oxygens (including phenoxy) is 1. The normalized spacial score (nSPS) is 10.6. The molecule has 84 valence electrons. The fourth-order valence-corrected chi connectivity index (χ4v) is 2.52. The van der Waals surface area contributed by atoms with Crippen molar-refractivity contribution in [3.05, 3.63) is 53.5 Å². The van der Waals surface area contributed by atoms with Crippen LogP contribution >= 0.6 is 11.3 Å². The Labute approximate surface area is 104 Å². The maximum absolute atomic E-state index is 5.76. The van der Waals surface area contributed by atoms with Gasteiger partial charge in [0.1, 0.15) is 11.5 Å². The third-order valence-corrected chi connectivity index (χ3v) is 3.40. The van der Waals surface area contributed by atoms with Gasteiger partial charge >= 0.3 is 0 Å². The van der Waals surface area contributed by atoms with E-state index in [9.17, 15) is 0 Å². The van der Waals surface area contributed by atoms with E-state index in [1.54, 1.807) is 11.3 Å². The molecule has 0 amide bonds. The SMILES string of the molecule is Cc1nc2cc(Oc3ccccc3)ccc2s1. The van der Waals surface area contributed by atoms with Crippen molar-refractivity contribution in [1.82, 2.24) is 4.98 Å². The van der Waals surface area contributed by atoms with E-state index in [0.717, 1.165) is 22.0 Å². The van der Waals surface area contributed by atoms with E-state index < -0.39 is 0 Å². The van der Waals surface area contributed by atoms with Crippen molar-refractivity contribution in [2.75, 3.05) is 0 Å². The first-order valence-electron chi connectivity index (χ1n) is 5.41. The molecule has 0 saturated heterocycles. The first-order chi connectivity index (χ1) is 8.31. The molecule has 3 heteroatoms. The fourth-order valence-electron chi connectivity index (χ4n) is 1.71. The Morgan fingerprint density at radius 3 is 2.65 bits per heavy atom. The zero-order valence-electron chi connectivity index (χ0n) is 9.38. The summed E-state index contributed by atoms with van der Waals surface area (Å²) in [5, 5.41) is 1.08. The highest BCUT2D eigenvalue weighted by Crippen LogP contribution is 2.28. The van der Waals surface area contributed by atoms with E-state index in [1.807, 2.05) is 49.4 Å². The van der Waals surface area contributed by atoms with Crippen molar-refractivity contribution in [3.8, 4) is 11.5 Å². The number of hydrogen-bond acceptors (Lipinski definition) is 3. The van der Waals surface area contributed by atoms with Gasteiger partial charge in [-0.3, -0.25) is 0 Å². The summed E-state index contributed by atoms with van der Waals surface area (Å²) in [6.07, 6.45) is 0. The molecular weight excluding hydrogens is 230 g/mol. The molecule has 0 aliphatic heterocycles. The van der Waals surface area contributed by atoms with Crippen LogP contribution in [0, 0.1) is 6.92 Å². The molecule has 0 bridgehead atoms. The van der Waals surface area contributed by atoms with Gasteiger partial charge in [0, 0.05) is 6.07 Å². The molecule has 0 spiro atoms. The number of nitrogens with zero attached hydrogens (tertiary/aromatic N) is 1. The molecule has 1 aromatic heterocycles. The largest absolute Gasteiger partial charge is 0.457 e. The van der Waals surface area contributed by atoms with Crippen LogP contribution in [0.5, 0.6) is 11.5 Å². The van der Waals surface area contributed by atoms with Crippen molar-refractivity contribution in [1.29, 1.82) is 0 Å². The Bertz CT molecular complexity index is 646. The van der Waals surface area contributed by atoms with E-state index >= 15 is 0 Å².